The van der Waals surface area contributed by atoms with E-state index >= 15 is 0 Å². The van der Waals surface area contributed by atoms with Gasteiger partial charge in [-0.2, -0.15) is 0 Å². The maximum atomic E-state index is 9.86. The summed E-state index contributed by atoms with van der Waals surface area (Å²) in [5, 5.41) is 9.86. The minimum Gasteiger partial charge on any atom is -0.507 e. The number of phenols is 1. The Labute approximate surface area is 86.1 Å². The lowest BCUT2D eigenvalue weighted by Crippen LogP contribution is -1.92. The summed E-state index contributed by atoms with van der Waals surface area (Å²) in [5.74, 6) is 0.475. The smallest absolute Gasteiger partial charge is 0.121 e. The SMILES string of the molecule is C=CCc1cc(CC)c(O)c(CC)c1. The van der Waals surface area contributed by atoms with E-state index in [0.717, 1.165) is 30.4 Å². The van der Waals surface area contributed by atoms with E-state index in [9.17, 15) is 5.11 Å². The van der Waals surface area contributed by atoms with Crippen LogP contribution >= 0.6 is 0 Å². The van der Waals surface area contributed by atoms with Gasteiger partial charge in [-0.3, -0.25) is 0 Å². The molecule has 0 aliphatic carbocycles. The van der Waals surface area contributed by atoms with Crippen LogP contribution in [0.1, 0.15) is 30.5 Å². The molecule has 1 aromatic carbocycles. The van der Waals surface area contributed by atoms with Crippen LogP contribution in [0.3, 0.4) is 0 Å². The van der Waals surface area contributed by atoms with Crippen molar-refractivity contribution in [3.05, 3.63) is 41.5 Å². The van der Waals surface area contributed by atoms with Gasteiger partial charge in [-0.1, -0.05) is 32.1 Å². The zero-order valence-electron chi connectivity index (χ0n) is 9.01. The molecule has 0 amide bonds. The Balaban J connectivity index is 3.17. The Bertz CT molecular complexity index is 301. The lowest BCUT2D eigenvalue weighted by atomic mass is 9.99. The van der Waals surface area contributed by atoms with Crippen molar-refractivity contribution in [2.24, 2.45) is 0 Å². The Morgan fingerprint density at radius 3 is 2.07 bits per heavy atom. The largest absolute Gasteiger partial charge is 0.507 e. The van der Waals surface area contributed by atoms with Gasteiger partial charge in [0.15, 0.2) is 0 Å². The molecule has 1 aromatic rings. The van der Waals surface area contributed by atoms with Crippen molar-refractivity contribution in [3.8, 4) is 5.75 Å². The highest BCUT2D eigenvalue weighted by Crippen LogP contribution is 2.25. The molecule has 1 nitrogen and oxygen atoms in total. The normalized spacial score (nSPS) is 10.1. The molecule has 0 saturated carbocycles. The van der Waals surface area contributed by atoms with Crippen molar-refractivity contribution < 1.29 is 5.11 Å². The molecule has 0 atom stereocenters. The van der Waals surface area contributed by atoms with Crippen LogP contribution in [-0.4, -0.2) is 5.11 Å². The van der Waals surface area contributed by atoms with Crippen LogP contribution in [0.5, 0.6) is 5.75 Å². The molecule has 1 N–H and O–H groups in total. The van der Waals surface area contributed by atoms with E-state index in [-0.39, 0.29) is 0 Å². The third-order valence-corrected chi connectivity index (χ3v) is 2.47. The molecule has 0 saturated heterocycles. The van der Waals surface area contributed by atoms with Crippen molar-refractivity contribution in [1.82, 2.24) is 0 Å². The molecule has 0 aliphatic rings. The average molecular weight is 190 g/mol. The third-order valence-electron chi connectivity index (χ3n) is 2.47. The fourth-order valence-corrected chi connectivity index (χ4v) is 1.66. The summed E-state index contributed by atoms with van der Waals surface area (Å²) in [6.45, 7) is 7.85. The number of rotatable bonds is 4. The Hall–Kier alpha value is -1.24. The zero-order chi connectivity index (χ0) is 10.6. The highest BCUT2D eigenvalue weighted by Gasteiger charge is 2.06. The van der Waals surface area contributed by atoms with E-state index in [2.05, 4.69) is 32.6 Å². The number of aromatic hydroxyl groups is 1. The number of phenolic OH excluding ortho intramolecular Hbond substituents is 1. The fraction of sp³-hybridized carbons (Fsp3) is 0.385. The van der Waals surface area contributed by atoms with E-state index in [0.29, 0.717) is 5.75 Å². The Morgan fingerprint density at radius 2 is 1.71 bits per heavy atom. The number of hydrogen-bond acceptors (Lipinski definition) is 1. The van der Waals surface area contributed by atoms with E-state index < -0.39 is 0 Å². The lowest BCUT2D eigenvalue weighted by molar-refractivity contribution is 0.462. The number of allylic oxidation sites excluding steroid dienone is 1. The second-order valence-electron chi connectivity index (χ2n) is 3.46. The van der Waals surface area contributed by atoms with E-state index in [4.69, 9.17) is 0 Å². The quantitative estimate of drug-likeness (QED) is 0.723. The van der Waals surface area contributed by atoms with E-state index in [1.54, 1.807) is 0 Å². The first-order valence-corrected chi connectivity index (χ1v) is 5.17. The van der Waals surface area contributed by atoms with Crippen LogP contribution in [0, 0.1) is 0 Å². The van der Waals surface area contributed by atoms with Gasteiger partial charge in [-0.15, -0.1) is 6.58 Å². The van der Waals surface area contributed by atoms with Gasteiger partial charge in [0, 0.05) is 0 Å². The molecule has 14 heavy (non-hydrogen) atoms. The molecule has 1 rings (SSSR count). The summed E-state index contributed by atoms with van der Waals surface area (Å²) in [6.07, 6.45) is 4.53. The molecular formula is C13H18O. The number of hydrogen-bond donors (Lipinski definition) is 1. The molecule has 0 radical (unpaired) electrons. The predicted octanol–water partition coefficient (Wildman–Crippen LogP) is 3.25. The Morgan fingerprint density at radius 1 is 1.21 bits per heavy atom. The zero-order valence-corrected chi connectivity index (χ0v) is 9.01. The minimum absolute atomic E-state index is 0.475. The summed E-state index contributed by atoms with van der Waals surface area (Å²) < 4.78 is 0. The minimum atomic E-state index is 0.475. The van der Waals surface area contributed by atoms with Crippen LogP contribution in [-0.2, 0) is 19.3 Å². The molecule has 76 valence electrons. The summed E-state index contributed by atoms with van der Waals surface area (Å²) in [4.78, 5) is 0. The molecule has 0 aromatic heterocycles. The van der Waals surface area contributed by atoms with E-state index in [1.165, 1.54) is 5.56 Å². The summed E-state index contributed by atoms with van der Waals surface area (Å²) in [7, 11) is 0. The molecule has 0 unspecified atom stereocenters. The molecular weight excluding hydrogens is 172 g/mol. The molecule has 1 heteroatoms. The van der Waals surface area contributed by atoms with E-state index in [1.807, 2.05) is 6.08 Å². The van der Waals surface area contributed by atoms with Crippen molar-refractivity contribution in [1.29, 1.82) is 0 Å². The van der Waals surface area contributed by atoms with Crippen LogP contribution < -0.4 is 0 Å². The van der Waals surface area contributed by atoms with Crippen LogP contribution in [0.2, 0.25) is 0 Å². The molecule has 0 spiro atoms. The van der Waals surface area contributed by atoms with Crippen LogP contribution in [0.15, 0.2) is 24.8 Å². The van der Waals surface area contributed by atoms with Gasteiger partial charge in [0.05, 0.1) is 0 Å². The Kier molecular flexibility index (Phi) is 3.75. The van der Waals surface area contributed by atoms with Gasteiger partial charge < -0.3 is 5.11 Å². The summed E-state index contributed by atoms with van der Waals surface area (Å²) >= 11 is 0. The van der Waals surface area contributed by atoms with Crippen molar-refractivity contribution in [3.63, 3.8) is 0 Å². The second-order valence-corrected chi connectivity index (χ2v) is 3.46. The maximum Gasteiger partial charge on any atom is 0.121 e. The van der Waals surface area contributed by atoms with Gasteiger partial charge in [0.25, 0.3) is 0 Å². The highest BCUT2D eigenvalue weighted by molar-refractivity contribution is 5.44. The average Bonchev–Trinajstić information content (AvgIpc) is 2.20. The van der Waals surface area contributed by atoms with Crippen molar-refractivity contribution in [2.75, 3.05) is 0 Å². The standard InChI is InChI=1S/C13H18O/c1-4-7-10-8-11(5-2)13(14)12(6-3)9-10/h4,8-9,14H,1,5-7H2,2-3H3. The molecule has 0 heterocycles. The second kappa shape index (κ2) is 4.85. The monoisotopic (exact) mass is 190 g/mol. The first kappa shape index (κ1) is 10.8. The molecule has 0 aliphatic heterocycles. The lowest BCUT2D eigenvalue weighted by Gasteiger charge is -2.09. The van der Waals surface area contributed by atoms with Gasteiger partial charge in [0.1, 0.15) is 5.75 Å². The number of benzene rings is 1. The summed E-state index contributed by atoms with van der Waals surface area (Å²) in [6, 6.07) is 4.13. The molecule has 0 bridgehead atoms. The maximum absolute atomic E-state index is 9.86. The fourth-order valence-electron chi connectivity index (χ4n) is 1.66. The van der Waals surface area contributed by atoms with Gasteiger partial charge >= 0.3 is 0 Å². The number of aryl methyl sites for hydroxylation is 2. The predicted molar refractivity (Wildman–Crippen MR) is 60.8 cm³/mol. The van der Waals surface area contributed by atoms with Crippen LogP contribution in [0.25, 0.3) is 0 Å². The van der Waals surface area contributed by atoms with Gasteiger partial charge in [0.2, 0.25) is 0 Å². The van der Waals surface area contributed by atoms with Crippen molar-refractivity contribution in [2.45, 2.75) is 33.1 Å². The molecule has 0 fully saturated rings. The van der Waals surface area contributed by atoms with Gasteiger partial charge in [-0.25, -0.2) is 0 Å². The first-order valence-electron chi connectivity index (χ1n) is 5.17. The van der Waals surface area contributed by atoms with Crippen molar-refractivity contribution >= 4 is 0 Å². The van der Waals surface area contributed by atoms with Crippen LogP contribution in [0.4, 0.5) is 0 Å². The van der Waals surface area contributed by atoms with Gasteiger partial charge in [-0.05, 0) is 36.0 Å². The third kappa shape index (κ3) is 2.16. The highest BCUT2D eigenvalue weighted by atomic mass is 16.3. The topological polar surface area (TPSA) is 20.2 Å². The summed E-state index contributed by atoms with van der Waals surface area (Å²) in [5.41, 5.74) is 3.33. The first-order chi connectivity index (χ1) is 6.72.